The first-order valence-corrected chi connectivity index (χ1v) is 8.93. The molecule has 0 radical (unpaired) electrons. The van der Waals surface area contributed by atoms with Crippen LogP contribution >= 0.6 is 0 Å². The van der Waals surface area contributed by atoms with Crippen LogP contribution in [0.15, 0.2) is 115 Å². The standard InChI is InChI=1S/C25H21N/c1-4-10-21(11-5-1)20-22-16-18-25(19-17-22)26(23-12-6-2-7-13-23)24-14-8-3-9-15-24/h1-19H,20H2. The fourth-order valence-electron chi connectivity index (χ4n) is 3.20. The zero-order chi connectivity index (χ0) is 17.6. The molecule has 4 aromatic carbocycles. The van der Waals surface area contributed by atoms with Crippen molar-refractivity contribution in [2.75, 3.05) is 4.90 Å². The summed E-state index contributed by atoms with van der Waals surface area (Å²) in [5, 5.41) is 0. The highest BCUT2D eigenvalue weighted by molar-refractivity contribution is 5.76. The number of rotatable bonds is 5. The summed E-state index contributed by atoms with van der Waals surface area (Å²) < 4.78 is 0. The Morgan fingerprint density at radius 1 is 0.385 bits per heavy atom. The van der Waals surface area contributed by atoms with Gasteiger partial charge in [0.15, 0.2) is 0 Å². The van der Waals surface area contributed by atoms with Gasteiger partial charge in [-0.15, -0.1) is 0 Å². The molecule has 0 fully saturated rings. The molecule has 4 rings (SSSR count). The molecule has 0 aliphatic rings. The number of benzene rings is 4. The average molecular weight is 335 g/mol. The van der Waals surface area contributed by atoms with Crippen molar-refractivity contribution in [1.29, 1.82) is 0 Å². The molecule has 0 saturated carbocycles. The molecule has 126 valence electrons. The van der Waals surface area contributed by atoms with E-state index in [4.69, 9.17) is 0 Å². The van der Waals surface area contributed by atoms with Gasteiger partial charge in [-0.05, 0) is 53.9 Å². The predicted molar refractivity (Wildman–Crippen MR) is 110 cm³/mol. The molecular weight excluding hydrogens is 314 g/mol. The summed E-state index contributed by atoms with van der Waals surface area (Å²) in [6.07, 6.45) is 0.956. The maximum atomic E-state index is 2.28. The Kier molecular flexibility index (Phi) is 4.79. The summed E-state index contributed by atoms with van der Waals surface area (Å²) in [6.45, 7) is 0. The van der Waals surface area contributed by atoms with E-state index in [2.05, 4.69) is 120 Å². The Morgan fingerprint density at radius 3 is 1.27 bits per heavy atom. The van der Waals surface area contributed by atoms with Gasteiger partial charge in [0.05, 0.1) is 0 Å². The molecule has 0 aromatic heterocycles. The van der Waals surface area contributed by atoms with Crippen LogP contribution in [0.3, 0.4) is 0 Å². The van der Waals surface area contributed by atoms with E-state index in [-0.39, 0.29) is 0 Å². The lowest BCUT2D eigenvalue weighted by molar-refractivity contribution is 1.18. The number of anilines is 3. The molecule has 0 heterocycles. The van der Waals surface area contributed by atoms with Gasteiger partial charge in [0, 0.05) is 17.1 Å². The zero-order valence-corrected chi connectivity index (χ0v) is 14.6. The second-order valence-corrected chi connectivity index (χ2v) is 6.34. The van der Waals surface area contributed by atoms with E-state index >= 15 is 0 Å². The first-order chi connectivity index (χ1) is 12.9. The number of hydrogen-bond donors (Lipinski definition) is 0. The summed E-state index contributed by atoms with van der Waals surface area (Å²) in [7, 11) is 0. The minimum absolute atomic E-state index is 0.956. The maximum absolute atomic E-state index is 2.28. The summed E-state index contributed by atoms with van der Waals surface area (Å²) in [6, 6.07) is 40.4. The predicted octanol–water partition coefficient (Wildman–Crippen LogP) is 6.75. The molecule has 0 amide bonds. The molecule has 0 atom stereocenters. The van der Waals surface area contributed by atoms with E-state index in [1.807, 2.05) is 0 Å². The molecule has 0 aliphatic heterocycles. The molecule has 0 N–H and O–H groups in total. The first-order valence-electron chi connectivity index (χ1n) is 8.93. The van der Waals surface area contributed by atoms with Crippen LogP contribution in [0.25, 0.3) is 0 Å². The van der Waals surface area contributed by atoms with Crippen LogP contribution in [-0.4, -0.2) is 0 Å². The Balaban J connectivity index is 1.66. The fourth-order valence-corrected chi connectivity index (χ4v) is 3.20. The van der Waals surface area contributed by atoms with Gasteiger partial charge in [-0.2, -0.15) is 0 Å². The summed E-state index contributed by atoms with van der Waals surface area (Å²) >= 11 is 0. The second kappa shape index (κ2) is 7.71. The van der Waals surface area contributed by atoms with Crippen molar-refractivity contribution in [1.82, 2.24) is 0 Å². The highest BCUT2D eigenvalue weighted by Crippen LogP contribution is 2.34. The van der Waals surface area contributed by atoms with Crippen LogP contribution in [0.5, 0.6) is 0 Å². The van der Waals surface area contributed by atoms with E-state index in [1.54, 1.807) is 0 Å². The molecule has 4 aromatic rings. The lowest BCUT2D eigenvalue weighted by atomic mass is 10.0. The van der Waals surface area contributed by atoms with Gasteiger partial charge in [0.1, 0.15) is 0 Å². The van der Waals surface area contributed by atoms with E-state index in [0.29, 0.717) is 0 Å². The third-order valence-electron chi connectivity index (χ3n) is 4.47. The van der Waals surface area contributed by atoms with Gasteiger partial charge in [0.25, 0.3) is 0 Å². The highest BCUT2D eigenvalue weighted by atomic mass is 15.1. The van der Waals surface area contributed by atoms with Crippen molar-refractivity contribution < 1.29 is 0 Å². The molecule has 0 saturated heterocycles. The third-order valence-corrected chi connectivity index (χ3v) is 4.47. The van der Waals surface area contributed by atoms with Gasteiger partial charge in [-0.25, -0.2) is 0 Å². The largest absolute Gasteiger partial charge is 0.311 e. The lowest BCUT2D eigenvalue weighted by Gasteiger charge is -2.25. The van der Waals surface area contributed by atoms with Crippen molar-refractivity contribution in [2.24, 2.45) is 0 Å². The molecule has 0 unspecified atom stereocenters. The van der Waals surface area contributed by atoms with E-state index < -0.39 is 0 Å². The van der Waals surface area contributed by atoms with Gasteiger partial charge < -0.3 is 4.90 Å². The van der Waals surface area contributed by atoms with Gasteiger partial charge in [-0.3, -0.25) is 0 Å². The van der Waals surface area contributed by atoms with Gasteiger partial charge in [0.2, 0.25) is 0 Å². The molecule has 26 heavy (non-hydrogen) atoms. The van der Waals surface area contributed by atoms with Crippen LogP contribution in [0.1, 0.15) is 11.1 Å². The molecule has 0 spiro atoms. The SMILES string of the molecule is c1ccc(Cc2ccc(N(c3ccccc3)c3ccccc3)cc2)cc1. The minimum atomic E-state index is 0.956. The molecule has 1 nitrogen and oxygen atoms in total. The normalized spacial score (nSPS) is 10.5. The smallest absolute Gasteiger partial charge is 0.0461 e. The maximum Gasteiger partial charge on any atom is 0.0461 e. The average Bonchev–Trinajstić information content (AvgIpc) is 2.72. The molecular formula is C25H21N. The highest BCUT2D eigenvalue weighted by Gasteiger charge is 2.11. The number of hydrogen-bond acceptors (Lipinski definition) is 1. The monoisotopic (exact) mass is 335 g/mol. The molecule has 1 heteroatoms. The second-order valence-electron chi connectivity index (χ2n) is 6.34. The van der Waals surface area contributed by atoms with Crippen LogP contribution < -0.4 is 4.90 Å². The van der Waals surface area contributed by atoms with Crippen molar-refractivity contribution in [3.8, 4) is 0 Å². The molecule has 0 aliphatic carbocycles. The van der Waals surface area contributed by atoms with E-state index in [9.17, 15) is 0 Å². The van der Waals surface area contributed by atoms with Gasteiger partial charge >= 0.3 is 0 Å². The van der Waals surface area contributed by atoms with Crippen LogP contribution in [-0.2, 0) is 6.42 Å². The Bertz CT molecular complexity index is 890. The third kappa shape index (κ3) is 3.68. The number of para-hydroxylation sites is 2. The van der Waals surface area contributed by atoms with E-state index in [0.717, 1.165) is 17.8 Å². The van der Waals surface area contributed by atoms with Crippen molar-refractivity contribution in [3.05, 3.63) is 126 Å². The zero-order valence-electron chi connectivity index (χ0n) is 14.6. The Morgan fingerprint density at radius 2 is 0.769 bits per heavy atom. The van der Waals surface area contributed by atoms with Gasteiger partial charge in [-0.1, -0.05) is 78.9 Å². The van der Waals surface area contributed by atoms with Crippen molar-refractivity contribution in [3.63, 3.8) is 0 Å². The fraction of sp³-hybridized carbons (Fsp3) is 0.0400. The summed E-state index contributed by atoms with van der Waals surface area (Å²) in [4.78, 5) is 2.28. The first kappa shape index (κ1) is 16.2. The molecule has 0 bridgehead atoms. The van der Waals surface area contributed by atoms with E-state index in [1.165, 1.54) is 16.8 Å². The number of nitrogens with zero attached hydrogens (tertiary/aromatic N) is 1. The van der Waals surface area contributed by atoms with Crippen molar-refractivity contribution in [2.45, 2.75) is 6.42 Å². The summed E-state index contributed by atoms with van der Waals surface area (Å²) in [5.41, 5.74) is 6.15. The van der Waals surface area contributed by atoms with Crippen LogP contribution in [0.2, 0.25) is 0 Å². The minimum Gasteiger partial charge on any atom is -0.311 e. The quantitative estimate of drug-likeness (QED) is 0.390. The Hall–Kier alpha value is -3.32. The van der Waals surface area contributed by atoms with Crippen LogP contribution in [0.4, 0.5) is 17.1 Å². The Labute approximate surface area is 155 Å². The van der Waals surface area contributed by atoms with Crippen molar-refractivity contribution >= 4 is 17.1 Å². The van der Waals surface area contributed by atoms with Crippen LogP contribution in [0, 0.1) is 0 Å². The lowest BCUT2D eigenvalue weighted by Crippen LogP contribution is -2.09. The topological polar surface area (TPSA) is 3.24 Å². The summed E-state index contributed by atoms with van der Waals surface area (Å²) in [5.74, 6) is 0.